The molecule has 21 heavy (non-hydrogen) atoms. The zero-order valence-electron chi connectivity index (χ0n) is 13.1. The van der Waals surface area contributed by atoms with Crippen LogP contribution in [0.5, 0.6) is 5.75 Å². The number of hydrogen-bond donors (Lipinski definition) is 0. The zero-order valence-corrected chi connectivity index (χ0v) is 14.1. The lowest BCUT2D eigenvalue weighted by molar-refractivity contribution is 0.122. The van der Waals surface area contributed by atoms with Crippen LogP contribution < -0.4 is 9.47 Å². The van der Waals surface area contributed by atoms with Gasteiger partial charge in [0.1, 0.15) is 11.4 Å². The second kappa shape index (κ2) is 10.3. The van der Waals surface area contributed by atoms with Crippen LogP contribution in [0.15, 0.2) is 24.3 Å². The Labute approximate surface area is 128 Å². The van der Waals surface area contributed by atoms with Crippen molar-refractivity contribution in [1.29, 1.82) is 0 Å². The minimum Gasteiger partial charge on any atom is -0.508 e. The molecule has 0 heterocycles. The Morgan fingerprint density at radius 1 is 1.00 bits per heavy atom. The minimum absolute atomic E-state index is 0.446. The molecule has 0 aromatic heterocycles. The number of hydrogen-bond acceptors (Lipinski definition) is 4. The molecule has 0 fully saturated rings. The Kier molecular flexibility index (Phi) is 8.69. The second-order valence-electron chi connectivity index (χ2n) is 4.56. The van der Waals surface area contributed by atoms with E-state index in [4.69, 9.17) is 14.0 Å². The molecule has 0 atom stereocenters. The lowest BCUT2D eigenvalue weighted by atomic mass is 10.3. The maximum Gasteiger partial charge on any atom is 0.668 e. The van der Waals surface area contributed by atoms with Gasteiger partial charge in [-0.15, -0.1) is 0 Å². The van der Waals surface area contributed by atoms with Crippen LogP contribution in [0.4, 0.5) is 5.69 Å². The summed E-state index contributed by atoms with van der Waals surface area (Å²) in [6.45, 7) is 7.55. The summed E-state index contributed by atoms with van der Waals surface area (Å²) in [7, 11) is -2.48. The first-order valence-corrected chi connectivity index (χ1v) is 8.82. The molecule has 0 aliphatic rings. The zero-order chi connectivity index (χ0) is 15.5. The van der Waals surface area contributed by atoms with E-state index in [9.17, 15) is 4.46 Å². The van der Waals surface area contributed by atoms with Crippen LogP contribution in [0.1, 0.15) is 40.0 Å². The van der Waals surface area contributed by atoms with Gasteiger partial charge in [0.15, 0.2) is 0 Å². The maximum absolute atomic E-state index is 12.3. The first kappa shape index (κ1) is 17.6. The Hall–Kier alpha value is -1.40. The number of ether oxygens (including phenoxy) is 1. The Morgan fingerprint density at radius 2 is 1.67 bits per heavy atom. The second-order valence-corrected chi connectivity index (χ2v) is 5.78. The molecule has 1 aromatic rings. The van der Waals surface area contributed by atoms with Gasteiger partial charge in [0.05, 0.1) is 19.8 Å². The van der Waals surface area contributed by atoms with Gasteiger partial charge < -0.3 is 13.6 Å². The van der Waals surface area contributed by atoms with Crippen molar-refractivity contribution in [3.63, 3.8) is 0 Å². The first-order valence-electron chi connectivity index (χ1n) is 7.56. The molecule has 0 radical (unpaired) electrons. The first-order chi connectivity index (χ1) is 10.2. The monoisotopic (exact) mass is 311 g/mol. The number of benzene rings is 1. The van der Waals surface area contributed by atoms with Gasteiger partial charge in [-0.1, -0.05) is 32.9 Å². The van der Waals surface area contributed by atoms with Gasteiger partial charge >= 0.3 is 9.09 Å². The molecule has 0 bridgehead atoms. The highest BCUT2D eigenvalue weighted by atomic mass is 28.3. The lowest BCUT2D eigenvalue weighted by Crippen LogP contribution is -2.36. The molecule has 0 aliphatic heterocycles. The summed E-state index contributed by atoms with van der Waals surface area (Å²) in [5.41, 5.74) is 0.652. The van der Waals surface area contributed by atoms with E-state index in [-0.39, 0.29) is 0 Å². The molecule has 0 N–H and O–H groups in total. The molecule has 1 aromatic carbocycles. The topological polar surface area (TPSA) is 48.0 Å². The lowest BCUT2D eigenvalue weighted by Gasteiger charge is -2.23. The van der Waals surface area contributed by atoms with E-state index in [0.717, 1.165) is 19.3 Å². The van der Waals surface area contributed by atoms with Crippen LogP contribution in [0.3, 0.4) is 0 Å². The van der Waals surface area contributed by atoms with Gasteiger partial charge in [0.25, 0.3) is 0 Å². The Bertz CT molecular complexity index is 428. The Morgan fingerprint density at radius 3 is 2.33 bits per heavy atom. The van der Waals surface area contributed by atoms with Crippen LogP contribution in [0.25, 0.3) is 0 Å². The van der Waals surface area contributed by atoms with Gasteiger partial charge in [0.2, 0.25) is 0 Å². The van der Waals surface area contributed by atoms with E-state index in [2.05, 4.69) is 0 Å². The molecular formula is C15H25NO4Si. The van der Waals surface area contributed by atoms with Crippen molar-refractivity contribution in [3.05, 3.63) is 24.3 Å². The largest absolute Gasteiger partial charge is 0.668 e. The van der Waals surface area contributed by atoms with E-state index < -0.39 is 9.09 Å². The highest BCUT2D eigenvalue weighted by molar-refractivity contribution is 6.40. The molecule has 0 saturated heterocycles. The summed E-state index contributed by atoms with van der Waals surface area (Å²) < 4.78 is 24.8. The van der Waals surface area contributed by atoms with E-state index in [1.807, 2.05) is 45.0 Å². The summed E-state index contributed by atoms with van der Waals surface area (Å²) in [6.07, 6.45) is 2.55. The predicted octanol–water partition coefficient (Wildman–Crippen LogP) is 3.47. The molecule has 5 nitrogen and oxygen atoms in total. The van der Waals surface area contributed by atoms with E-state index in [0.29, 0.717) is 31.3 Å². The average molecular weight is 311 g/mol. The van der Waals surface area contributed by atoms with Crippen molar-refractivity contribution in [1.82, 2.24) is 0 Å². The fraction of sp³-hybridized carbons (Fsp3) is 0.600. The third-order valence-corrected chi connectivity index (χ3v) is 3.72. The Balaban J connectivity index is 2.93. The summed E-state index contributed by atoms with van der Waals surface area (Å²) in [6, 6.07) is 7.43. The molecule has 118 valence electrons. The van der Waals surface area contributed by atoms with Crippen LogP contribution in [0, 0.1) is 0 Å². The molecule has 0 amide bonds. The van der Waals surface area contributed by atoms with Gasteiger partial charge in [-0.05, 0) is 31.4 Å². The molecular weight excluding hydrogens is 286 g/mol. The fourth-order valence-electron chi connectivity index (χ4n) is 1.61. The molecule has 0 unspecified atom stereocenters. The normalized spacial score (nSPS) is 10.2. The fourth-order valence-corrected chi connectivity index (χ4v) is 2.68. The highest BCUT2D eigenvalue weighted by Crippen LogP contribution is 2.28. The third-order valence-electron chi connectivity index (χ3n) is 2.57. The molecule has 1 rings (SSSR count). The molecule has 6 heteroatoms. The number of para-hydroxylation sites is 2. The summed E-state index contributed by atoms with van der Waals surface area (Å²) in [5.74, 6) is 0.661. The van der Waals surface area contributed by atoms with Crippen LogP contribution in [-0.2, 0) is 13.7 Å². The number of rotatable bonds is 11. The maximum atomic E-state index is 12.3. The SMILES string of the molecule is CCCOc1ccccc1N(OCCC)[Si](=O)OCCC. The summed E-state index contributed by atoms with van der Waals surface area (Å²) in [4.78, 5) is 5.62. The summed E-state index contributed by atoms with van der Waals surface area (Å²) in [5, 5.41) is 0. The van der Waals surface area contributed by atoms with E-state index >= 15 is 0 Å². The molecule has 0 saturated carbocycles. The average Bonchev–Trinajstić information content (AvgIpc) is 2.52. The standard InChI is InChI=1S/C15H25NO4Si/c1-4-11-18-15-10-8-7-9-14(15)16(19-12-5-2)21(17)20-13-6-3/h7-10H,4-6,11-13H2,1-3H3. The van der Waals surface area contributed by atoms with E-state index in [1.54, 1.807) is 0 Å². The quantitative estimate of drug-likeness (QED) is 0.462. The number of anilines is 1. The van der Waals surface area contributed by atoms with Crippen molar-refractivity contribution in [2.75, 3.05) is 24.5 Å². The van der Waals surface area contributed by atoms with Gasteiger partial charge in [-0.25, -0.2) is 0 Å². The van der Waals surface area contributed by atoms with Crippen LogP contribution >= 0.6 is 0 Å². The van der Waals surface area contributed by atoms with Crippen LogP contribution in [-0.4, -0.2) is 28.9 Å². The van der Waals surface area contributed by atoms with Crippen molar-refractivity contribution < 1.29 is 18.5 Å². The van der Waals surface area contributed by atoms with E-state index in [1.165, 1.54) is 4.73 Å². The van der Waals surface area contributed by atoms with Crippen LogP contribution in [0.2, 0.25) is 0 Å². The minimum atomic E-state index is -2.48. The van der Waals surface area contributed by atoms with Crippen molar-refractivity contribution in [2.24, 2.45) is 0 Å². The summed E-state index contributed by atoms with van der Waals surface area (Å²) >= 11 is 0. The smallest absolute Gasteiger partial charge is 0.508 e. The molecule has 0 aliphatic carbocycles. The predicted molar refractivity (Wildman–Crippen MR) is 83.6 cm³/mol. The van der Waals surface area contributed by atoms with Crippen molar-refractivity contribution in [3.8, 4) is 5.75 Å². The van der Waals surface area contributed by atoms with Gasteiger partial charge in [0, 0.05) is 0 Å². The van der Waals surface area contributed by atoms with Gasteiger partial charge in [-0.3, -0.25) is 4.84 Å². The highest BCUT2D eigenvalue weighted by Gasteiger charge is 2.25. The van der Waals surface area contributed by atoms with Crippen molar-refractivity contribution >= 4 is 14.8 Å². The van der Waals surface area contributed by atoms with Gasteiger partial charge in [-0.2, -0.15) is 4.73 Å². The van der Waals surface area contributed by atoms with Crippen molar-refractivity contribution in [2.45, 2.75) is 40.0 Å². The number of nitrogens with zero attached hydrogens (tertiary/aromatic N) is 1. The molecule has 0 spiro atoms. The third kappa shape index (κ3) is 5.85.